The van der Waals surface area contributed by atoms with Gasteiger partial charge in [-0.15, -0.1) is 24.0 Å². The van der Waals surface area contributed by atoms with E-state index in [0.29, 0.717) is 0 Å². The Bertz CT molecular complexity index is 604. The van der Waals surface area contributed by atoms with Gasteiger partial charge in [-0.25, -0.2) is 4.98 Å². The summed E-state index contributed by atoms with van der Waals surface area (Å²) in [7, 11) is 0. The van der Waals surface area contributed by atoms with Gasteiger partial charge in [-0.3, -0.25) is 4.99 Å². The van der Waals surface area contributed by atoms with Gasteiger partial charge in [0.05, 0.1) is 0 Å². The Labute approximate surface area is 174 Å². The smallest absolute Gasteiger partial charge is 0.191 e. The molecule has 2 aromatic rings. The number of halogens is 1. The van der Waals surface area contributed by atoms with Gasteiger partial charge in [0.1, 0.15) is 5.82 Å². The van der Waals surface area contributed by atoms with E-state index >= 15 is 0 Å². The molecule has 0 saturated carbocycles. The molecule has 1 aromatic heterocycles. The normalized spacial score (nSPS) is 10.7. The minimum absolute atomic E-state index is 0. The van der Waals surface area contributed by atoms with Crippen molar-refractivity contribution in [3.8, 4) is 0 Å². The summed E-state index contributed by atoms with van der Waals surface area (Å²) in [6.45, 7) is 5.59. The van der Waals surface area contributed by atoms with Crippen molar-refractivity contribution in [2.45, 2.75) is 26.2 Å². The van der Waals surface area contributed by atoms with Gasteiger partial charge >= 0.3 is 0 Å². The summed E-state index contributed by atoms with van der Waals surface area (Å²) in [6, 6.07) is 16.4. The molecule has 0 spiro atoms. The van der Waals surface area contributed by atoms with Gasteiger partial charge < -0.3 is 16.0 Å². The van der Waals surface area contributed by atoms with Gasteiger partial charge in [0, 0.05) is 32.4 Å². The van der Waals surface area contributed by atoms with Gasteiger partial charge in [-0.05, 0) is 43.9 Å². The van der Waals surface area contributed by atoms with E-state index in [1.807, 2.05) is 24.3 Å². The largest absolute Gasteiger partial charge is 0.370 e. The van der Waals surface area contributed by atoms with E-state index in [9.17, 15) is 0 Å². The lowest BCUT2D eigenvalue weighted by atomic mass is 10.1. The van der Waals surface area contributed by atoms with E-state index in [4.69, 9.17) is 0 Å². The lowest BCUT2D eigenvalue weighted by Crippen LogP contribution is -2.38. The fraction of sp³-hybridized carbons (Fsp3) is 0.400. The maximum absolute atomic E-state index is 4.64. The number of benzene rings is 1. The average Bonchev–Trinajstić information content (AvgIpc) is 2.66. The first-order valence-electron chi connectivity index (χ1n) is 9.09. The molecule has 0 saturated heterocycles. The summed E-state index contributed by atoms with van der Waals surface area (Å²) < 4.78 is 0. The second kappa shape index (κ2) is 14.4. The number of anilines is 1. The van der Waals surface area contributed by atoms with Crippen LogP contribution in [0.1, 0.15) is 25.3 Å². The fourth-order valence-corrected chi connectivity index (χ4v) is 2.42. The first-order valence-corrected chi connectivity index (χ1v) is 9.09. The highest BCUT2D eigenvalue weighted by Crippen LogP contribution is 2.01. The molecule has 5 nitrogen and oxygen atoms in total. The maximum Gasteiger partial charge on any atom is 0.191 e. The van der Waals surface area contributed by atoms with Crippen molar-refractivity contribution in [3.63, 3.8) is 0 Å². The number of pyridine rings is 1. The van der Waals surface area contributed by atoms with Crippen LogP contribution in [0.4, 0.5) is 5.82 Å². The first-order chi connectivity index (χ1) is 12.4. The van der Waals surface area contributed by atoms with Crippen LogP contribution in [0.15, 0.2) is 59.7 Å². The molecular formula is C20H30IN5. The van der Waals surface area contributed by atoms with Gasteiger partial charge in [-0.2, -0.15) is 0 Å². The summed E-state index contributed by atoms with van der Waals surface area (Å²) in [5.74, 6) is 1.83. The highest BCUT2D eigenvalue weighted by Gasteiger charge is 1.98. The standard InChI is InChI=1S/C20H29N5.HI/c1-2-21-20(25-17-13-18-10-4-3-5-11-18)24-16-9-8-15-23-19-12-6-7-14-22-19;/h3-7,10-12,14H,2,8-9,13,15-17H2,1H3,(H,22,23)(H2,21,24,25);1H. The first kappa shape index (κ1) is 22.2. The Morgan fingerprint density at radius 3 is 2.50 bits per heavy atom. The minimum atomic E-state index is 0. The molecule has 6 heteroatoms. The molecule has 3 N–H and O–H groups in total. The zero-order chi connectivity index (χ0) is 17.6. The minimum Gasteiger partial charge on any atom is -0.370 e. The number of hydrogen-bond donors (Lipinski definition) is 3. The predicted molar refractivity (Wildman–Crippen MR) is 122 cm³/mol. The van der Waals surface area contributed by atoms with Crippen LogP contribution < -0.4 is 16.0 Å². The number of aliphatic imine (C=N–C) groups is 1. The van der Waals surface area contributed by atoms with E-state index < -0.39 is 0 Å². The van der Waals surface area contributed by atoms with Crippen LogP contribution >= 0.6 is 24.0 Å². The molecule has 0 aliphatic carbocycles. The number of hydrogen-bond acceptors (Lipinski definition) is 3. The quantitative estimate of drug-likeness (QED) is 0.216. The molecule has 0 atom stereocenters. The third kappa shape index (κ3) is 9.60. The SMILES string of the molecule is CCNC(=NCCCCNc1ccccn1)NCCc1ccccc1.I. The molecule has 0 radical (unpaired) electrons. The zero-order valence-electron chi connectivity index (χ0n) is 15.4. The summed E-state index contributed by atoms with van der Waals surface area (Å²) in [6.07, 6.45) is 4.92. The molecule has 0 amide bonds. The molecular weight excluding hydrogens is 437 g/mol. The number of aromatic nitrogens is 1. The molecule has 0 aliphatic rings. The number of unbranched alkanes of at least 4 members (excludes halogenated alkanes) is 1. The maximum atomic E-state index is 4.64. The lowest BCUT2D eigenvalue weighted by Gasteiger charge is -2.11. The van der Waals surface area contributed by atoms with E-state index in [1.54, 1.807) is 6.20 Å². The summed E-state index contributed by atoms with van der Waals surface area (Å²) in [5, 5.41) is 10.0. The molecule has 0 bridgehead atoms. The van der Waals surface area contributed by atoms with Crippen LogP contribution in [0, 0.1) is 0 Å². The van der Waals surface area contributed by atoms with E-state index in [0.717, 1.165) is 57.2 Å². The Morgan fingerprint density at radius 1 is 0.962 bits per heavy atom. The highest BCUT2D eigenvalue weighted by atomic mass is 127. The van der Waals surface area contributed by atoms with Gasteiger partial charge in [0.15, 0.2) is 5.96 Å². The van der Waals surface area contributed by atoms with E-state index in [1.165, 1.54) is 5.56 Å². The molecule has 2 rings (SSSR count). The number of guanidine groups is 1. The van der Waals surface area contributed by atoms with Crippen molar-refractivity contribution in [2.24, 2.45) is 4.99 Å². The molecule has 1 aromatic carbocycles. The monoisotopic (exact) mass is 467 g/mol. The van der Waals surface area contributed by atoms with E-state index in [2.05, 4.69) is 57.1 Å². The van der Waals surface area contributed by atoms with Crippen LogP contribution in [0.25, 0.3) is 0 Å². The Balaban J connectivity index is 0.00000338. The molecule has 0 fully saturated rings. The third-order valence-corrected chi connectivity index (χ3v) is 3.72. The van der Waals surface area contributed by atoms with Crippen LogP contribution in [0.2, 0.25) is 0 Å². The van der Waals surface area contributed by atoms with Crippen LogP contribution in [0.5, 0.6) is 0 Å². The van der Waals surface area contributed by atoms with Crippen molar-refractivity contribution in [3.05, 3.63) is 60.3 Å². The van der Waals surface area contributed by atoms with Gasteiger partial charge in [-0.1, -0.05) is 36.4 Å². The van der Waals surface area contributed by atoms with E-state index in [-0.39, 0.29) is 24.0 Å². The van der Waals surface area contributed by atoms with Crippen molar-refractivity contribution in [1.29, 1.82) is 0 Å². The predicted octanol–water partition coefficient (Wildman–Crippen LogP) is 3.69. The third-order valence-electron chi connectivity index (χ3n) is 3.72. The molecule has 26 heavy (non-hydrogen) atoms. The van der Waals surface area contributed by atoms with Crippen molar-refractivity contribution in [1.82, 2.24) is 15.6 Å². The lowest BCUT2D eigenvalue weighted by molar-refractivity contribution is 0.750. The van der Waals surface area contributed by atoms with Gasteiger partial charge in [0.25, 0.3) is 0 Å². The highest BCUT2D eigenvalue weighted by molar-refractivity contribution is 14.0. The topological polar surface area (TPSA) is 61.3 Å². The summed E-state index contributed by atoms with van der Waals surface area (Å²) >= 11 is 0. The second-order valence-electron chi connectivity index (χ2n) is 5.77. The Morgan fingerprint density at radius 2 is 1.77 bits per heavy atom. The van der Waals surface area contributed by atoms with Crippen molar-refractivity contribution < 1.29 is 0 Å². The fourth-order valence-electron chi connectivity index (χ4n) is 2.42. The van der Waals surface area contributed by atoms with Crippen molar-refractivity contribution >= 4 is 35.8 Å². The molecule has 0 unspecified atom stereocenters. The molecule has 1 heterocycles. The Kier molecular flexibility index (Phi) is 12.3. The van der Waals surface area contributed by atoms with Crippen LogP contribution in [-0.2, 0) is 6.42 Å². The molecule has 142 valence electrons. The van der Waals surface area contributed by atoms with Crippen LogP contribution in [-0.4, -0.2) is 37.1 Å². The summed E-state index contributed by atoms with van der Waals surface area (Å²) in [5.41, 5.74) is 1.34. The molecule has 0 aliphatic heterocycles. The number of nitrogens with one attached hydrogen (secondary N) is 3. The summed E-state index contributed by atoms with van der Waals surface area (Å²) in [4.78, 5) is 8.89. The second-order valence-corrected chi connectivity index (χ2v) is 5.77. The van der Waals surface area contributed by atoms with Gasteiger partial charge in [0.2, 0.25) is 0 Å². The van der Waals surface area contributed by atoms with Crippen LogP contribution in [0.3, 0.4) is 0 Å². The number of rotatable bonds is 10. The zero-order valence-corrected chi connectivity index (χ0v) is 17.8. The number of nitrogens with zero attached hydrogens (tertiary/aromatic N) is 2. The Hall–Kier alpha value is -1.83. The average molecular weight is 467 g/mol. The van der Waals surface area contributed by atoms with Crippen molar-refractivity contribution in [2.75, 3.05) is 31.5 Å².